The van der Waals surface area contributed by atoms with Crippen molar-refractivity contribution in [3.63, 3.8) is 0 Å². The van der Waals surface area contributed by atoms with Gasteiger partial charge in [0.2, 0.25) is 0 Å². The van der Waals surface area contributed by atoms with Crippen LogP contribution in [-0.4, -0.2) is 37.8 Å². The zero-order valence-electron chi connectivity index (χ0n) is 14.5. The summed E-state index contributed by atoms with van der Waals surface area (Å²) in [5.74, 6) is -1.58. The lowest BCUT2D eigenvalue weighted by Gasteiger charge is -2.11. The van der Waals surface area contributed by atoms with Gasteiger partial charge >= 0.3 is 0 Å². The maximum absolute atomic E-state index is 12.4. The average molecular weight is 349 g/mol. The van der Waals surface area contributed by atoms with Crippen LogP contribution in [0, 0.1) is 0 Å². The Kier molecular flexibility index (Phi) is 5.07. The van der Waals surface area contributed by atoms with Crippen LogP contribution in [0.4, 0.5) is 5.69 Å². The van der Waals surface area contributed by atoms with E-state index in [1.165, 1.54) is 0 Å². The molecule has 1 aliphatic rings. The summed E-state index contributed by atoms with van der Waals surface area (Å²) >= 11 is 0. The van der Waals surface area contributed by atoms with Gasteiger partial charge in [-0.05, 0) is 23.3 Å². The SMILES string of the molecule is CN(C)c1ccc(C=NNC(=O)C2=NNC(=O)C2c2ccccc2)cc1. The normalized spacial score (nSPS) is 16.3. The number of hydrazone groups is 2. The lowest BCUT2D eigenvalue weighted by Crippen LogP contribution is -2.32. The molecule has 1 heterocycles. The van der Waals surface area contributed by atoms with Crippen molar-refractivity contribution in [2.24, 2.45) is 10.2 Å². The number of carbonyl (C=O) groups is 2. The van der Waals surface area contributed by atoms with Crippen molar-refractivity contribution in [2.75, 3.05) is 19.0 Å². The Morgan fingerprint density at radius 1 is 1.15 bits per heavy atom. The van der Waals surface area contributed by atoms with E-state index in [-0.39, 0.29) is 11.6 Å². The summed E-state index contributed by atoms with van der Waals surface area (Å²) in [5.41, 5.74) is 7.51. The highest BCUT2D eigenvalue weighted by molar-refractivity contribution is 6.46. The smallest absolute Gasteiger partial charge is 0.288 e. The largest absolute Gasteiger partial charge is 0.378 e. The van der Waals surface area contributed by atoms with Crippen molar-refractivity contribution >= 4 is 29.4 Å². The van der Waals surface area contributed by atoms with Crippen LogP contribution < -0.4 is 15.8 Å². The number of nitrogens with one attached hydrogen (secondary N) is 2. The second-order valence-electron chi connectivity index (χ2n) is 6.00. The number of carbonyl (C=O) groups excluding carboxylic acids is 2. The Morgan fingerprint density at radius 3 is 2.50 bits per heavy atom. The highest BCUT2D eigenvalue weighted by atomic mass is 16.2. The monoisotopic (exact) mass is 349 g/mol. The molecule has 7 heteroatoms. The topological polar surface area (TPSA) is 86.2 Å². The van der Waals surface area contributed by atoms with Gasteiger partial charge in [-0.15, -0.1) is 0 Å². The Balaban J connectivity index is 1.66. The van der Waals surface area contributed by atoms with Crippen LogP contribution in [0.25, 0.3) is 0 Å². The first-order valence-corrected chi connectivity index (χ1v) is 8.09. The fourth-order valence-corrected chi connectivity index (χ4v) is 2.59. The lowest BCUT2D eigenvalue weighted by molar-refractivity contribution is -0.121. The van der Waals surface area contributed by atoms with E-state index in [1.807, 2.05) is 61.5 Å². The third-order valence-electron chi connectivity index (χ3n) is 3.98. The van der Waals surface area contributed by atoms with Crippen molar-refractivity contribution in [1.82, 2.24) is 10.9 Å². The molecule has 0 aromatic heterocycles. The van der Waals surface area contributed by atoms with Gasteiger partial charge in [-0.1, -0.05) is 42.5 Å². The fraction of sp³-hybridized carbons (Fsp3) is 0.158. The number of anilines is 1. The van der Waals surface area contributed by atoms with Gasteiger partial charge < -0.3 is 4.90 Å². The molecule has 0 bridgehead atoms. The van der Waals surface area contributed by atoms with E-state index in [1.54, 1.807) is 18.3 Å². The number of hydrogen-bond donors (Lipinski definition) is 2. The molecule has 1 aliphatic heterocycles. The maximum atomic E-state index is 12.4. The average Bonchev–Trinajstić information content (AvgIpc) is 3.04. The molecule has 2 aromatic rings. The summed E-state index contributed by atoms with van der Waals surface area (Å²) in [6.07, 6.45) is 1.54. The van der Waals surface area contributed by atoms with E-state index < -0.39 is 11.8 Å². The molecular weight excluding hydrogens is 330 g/mol. The van der Waals surface area contributed by atoms with Crippen molar-refractivity contribution in [3.05, 3.63) is 65.7 Å². The van der Waals surface area contributed by atoms with Gasteiger partial charge in [0.05, 0.1) is 6.21 Å². The molecule has 7 nitrogen and oxygen atoms in total. The number of rotatable bonds is 5. The molecule has 2 amide bonds. The number of benzene rings is 2. The number of hydrogen-bond acceptors (Lipinski definition) is 5. The summed E-state index contributed by atoms with van der Waals surface area (Å²) in [4.78, 5) is 26.4. The van der Waals surface area contributed by atoms with E-state index in [4.69, 9.17) is 0 Å². The second kappa shape index (κ2) is 7.60. The predicted octanol–water partition coefficient (Wildman–Crippen LogP) is 1.47. The van der Waals surface area contributed by atoms with E-state index >= 15 is 0 Å². The highest BCUT2D eigenvalue weighted by Gasteiger charge is 2.35. The Labute approximate surface area is 151 Å². The van der Waals surface area contributed by atoms with Crippen LogP contribution in [0.2, 0.25) is 0 Å². The van der Waals surface area contributed by atoms with E-state index in [0.717, 1.165) is 11.3 Å². The van der Waals surface area contributed by atoms with Crippen molar-refractivity contribution < 1.29 is 9.59 Å². The third-order valence-corrected chi connectivity index (χ3v) is 3.98. The van der Waals surface area contributed by atoms with Crippen molar-refractivity contribution in [3.8, 4) is 0 Å². The molecule has 1 atom stereocenters. The minimum atomic E-state index is -0.731. The van der Waals surface area contributed by atoms with E-state index in [9.17, 15) is 9.59 Å². The minimum Gasteiger partial charge on any atom is -0.378 e. The molecule has 2 aromatic carbocycles. The van der Waals surface area contributed by atoms with Crippen LogP contribution in [-0.2, 0) is 9.59 Å². The van der Waals surface area contributed by atoms with E-state index in [0.29, 0.717) is 5.56 Å². The molecule has 0 radical (unpaired) electrons. The second-order valence-corrected chi connectivity index (χ2v) is 6.00. The van der Waals surface area contributed by atoms with Gasteiger partial charge in [-0.3, -0.25) is 9.59 Å². The van der Waals surface area contributed by atoms with Crippen LogP contribution in [0.3, 0.4) is 0 Å². The van der Waals surface area contributed by atoms with Crippen LogP contribution >= 0.6 is 0 Å². The minimum absolute atomic E-state index is 0.0984. The number of amides is 2. The standard InChI is InChI=1S/C19H19N5O2/c1-24(2)15-10-8-13(9-11-15)12-20-22-19(26)17-16(18(25)23-21-17)14-6-4-3-5-7-14/h3-12,16H,1-2H3,(H,22,26)(H,23,25). The summed E-state index contributed by atoms with van der Waals surface area (Å²) in [6, 6.07) is 16.8. The summed E-state index contributed by atoms with van der Waals surface area (Å²) < 4.78 is 0. The molecule has 0 fully saturated rings. The maximum Gasteiger partial charge on any atom is 0.288 e. The van der Waals surface area contributed by atoms with Gasteiger partial charge in [0, 0.05) is 19.8 Å². The van der Waals surface area contributed by atoms with Crippen LogP contribution in [0.5, 0.6) is 0 Å². The highest BCUT2D eigenvalue weighted by Crippen LogP contribution is 2.21. The molecule has 0 aliphatic carbocycles. The van der Waals surface area contributed by atoms with Gasteiger partial charge in [0.15, 0.2) is 0 Å². The van der Waals surface area contributed by atoms with Crippen molar-refractivity contribution in [1.29, 1.82) is 0 Å². The molecule has 0 spiro atoms. The number of nitrogens with zero attached hydrogens (tertiary/aromatic N) is 3. The first-order valence-electron chi connectivity index (χ1n) is 8.09. The zero-order valence-corrected chi connectivity index (χ0v) is 14.5. The fourth-order valence-electron chi connectivity index (χ4n) is 2.59. The molecule has 132 valence electrons. The van der Waals surface area contributed by atoms with Crippen molar-refractivity contribution in [2.45, 2.75) is 5.92 Å². The van der Waals surface area contributed by atoms with Crippen LogP contribution in [0.15, 0.2) is 64.8 Å². The van der Waals surface area contributed by atoms with E-state index in [2.05, 4.69) is 21.1 Å². The molecule has 1 unspecified atom stereocenters. The molecule has 26 heavy (non-hydrogen) atoms. The zero-order chi connectivity index (χ0) is 18.5. The molecule has 2 N–H and O–H groups in total. The summed E-state index contributed by atoms with van der Waals surface area (Å²) in [7, 11) is 3.92. The first-order chi connectivity index (χ1) is 12.6. The van der Waals surface area contributed by atoms with Gasteiger partial charge in [-0.2, -0.15) is 10.2 Å². The van der Waals surface area contributed by atoms with Gasteiger partial charge in [-0.25, -0.2) is 10.9 Å². The Hall–Kier alpha value is -3.48. The molecule has 0 saturated carbocycles. The van der Waals surface area contributed by atoms with Gasteiger partial charge in [0.1, 0.15) is 11.6 Å². The molecule has 3 rings (SSSR count). The lowest BCUT2D eigenvalue weighted by atomic mass is 9.94. The predicted molar refractivity (Wildman–Crippen MR) is 101 cm³/mol. The Bertz CT molecular complexity index is 857. The van der Waals surface area contributed by atoms with Crippen LogP contribution in [0.1, 0.15) is 17.0 Å². The van der Waals surface area contributed by atoms with Gasteiger partial charge in [0.25, 0.3) is 11.8 Å². The Morgan fingerprint density at radius 2 is 1.85 bits per heavy atom. The molecular formula is C19H19N5O2. The summed E-state index contributed by atoms with van der Waals surface area (Å²) in [6.45, 7) is 0. The third kappa shape index (κ3) is 3.77. The summed E-state index contributed by atoms with van der Waals surface area (Å²) in [5, 5.41) is 7.81. The molecule has 0 saturated heterocycles. The first kappa shape index (κ1) is 17.3. The quantitative estimate of drug-likeness (QED) is 0.633.